The maximum atomic E-state index is 3.75. The minimum Gasteiger partial charge on any atom is -0.310 e. The Bertz CT molecular complexity index is 335. The summed E-state index contributed by atoms with van der Waals surface area (Å²) in [7, 11) is 0. The fourth-order valence-electron chi connectivity index (χ4n) is 2.29. The van der Waals surface area contributed by atoms with Crippen LogP contribution in [-0.4, -0.2) is 6.54 Å². The molecule has 0 aromatic heterocycles. The highest BCUT2D eigenvalue weighted by molar-refractivity contribution is 5.25. The van der Waals surface area contributed by atoms with Crippen LogP contribution in [0.15, 0.2) is 24.3 Å². The predicted octanol–water partition coefficient (Wildman–Crippen LogP) is 4.08. The number of rotatable bonds is 6. The van der Waals surface area contributed by atoms with Crippen molar-refractivity contribution in [3.63, 3.8) is 0 Å². The van der Waals surface area contributed by atoms with Crippen LogP contribution >= 0.6 is 0 Å². The highest BCUT2D eigenvalue weighted by atomic mass is 14.9. The molecule has 1 unspecified atom stereocenters. The second-order valence-corrected chi connectivity index (χ2v) is 5.86. The first-order valence-corrected chi connectivity index (χ1v) is 6.97. The highest BCUT2D eigenvalue weighted by Gasteiger charge is 2.31. The van der Waals surface area contributed by atoms with Gasteiger partial charge in [-0.25, -0.2) is 0 Å². The average Bonchev–Trinajstić information content (AvgIpc) is 3.10. The number of aryl methyl sites for hydroxylation is 1. The first-order valence-electron chi connectivity index (χ1n) is 6.97. The molecule has 1 aliphatic rings. The second-order valence-electron chi connectivity index (χ2n) is 5.86. The molecule has 1 N–H and O–H groups in total. The Morgan fingerprint density at radius 1 is 1.18 bits per heavy atom. The standard InChI is InChI=1S/C16H25N/c1-12(2)10-11-17-16(15-8-9-15)14-6-4-13(3)5-7-14/h4-7,12,15-17H,8-11H2,1-3H3. The lowest BCUT2D eigenvalue weighted by Crippen LogP contribution is -2.25. The molecule has 1 fully saturated rings. The van der Waals surface area contributed by atoms with E-state index in [2.05, 4.69) is 50.4 Å². The maximum absolute atomic E-state index is 3.75. The normalized spacial score (nSPS) is 17.4. The monoisotopic (exact) mass is 231 g/mol. The van der Waals surface area contributed by atoms with Gasteiger partial charge in [0.15, 0.2) is 0 Å². The van der Waals surface area contributed by atoms with Crippen molar-refractivity contribution in [1.82, 2.24) is 5.32 Å². The van der Waals surface area contributed by atoms with Gasteiger partial charge in [-0.15, -0.1) is 0 Å². The maximum Gasteiger partial charge on any atom is 0.0348 e. The third-order valence-corrected chi connectivity index (χ3v) is 3.62. The molecule has 0 aliphatic heterocycles. The van der Waals surface area contributed by atoms with Gasteiger partial charge in [-0.3, -0.25) is 0 Å². The van der Waals surface area contributed by atoms with Crippen LogP contribution in [0.1, 0.15) is 50.3 Å². The Morgan fingerprint density at radius 2 is 1.82 bits per heavy atom. The number of hydrogen-bond donors (Lipinski definition) is 1. The van der Waals surface area contributed by atoms with E-state index in [4.69, 9.17) is 0 Å². The van der Waals surface area contributed by atoms with Gasteiger partial charge in [0.1, 0.15) is 0 Å². The highest BCUT2D eigenvalue weighted by Crippen LogP contribution is 2.41. The van der Waals surface area contributed by atoms with E-state index in [1.54, 1.807) is 0 Å². The van der Waals surface area contributed by atoms with Crippen LogP contribution in [0.5, 0.6) is 0 Å². The van der Waals surface area contributed by atoms with Gasteiger partial charge >= 0.3 is 0 Å². The van der Waals surface area contributed by atoms with Crippen LogP contribution in [0.4, 0.5) is 0 Å². The molecule has 2 rings (SSSR count). The number of hydrogen-bond acceptors (Lipinski definition) is 1. The van der Waals surface area contributed by atoms with E-state index < -0.39 is 0 Å². The van der Waals surface area contributed by atoms with E-state index >= 15 is 0 Å². The summed E-state index contributed by atoms with van der Waals surface area (Å²) in [4.78, 5) is 0. The molecule has 94 valence electrons. The fraction of sp³-hybridized carbons (Fsp3) is 0.625. The first kappa shape index (κ1) is 12.6. The molecule has 0 amide bonds. The van der Waals surface area contributed by atoms with Crippen molar-refractivity contribution in [2.24, 2.45) is 11.8 Å². The van der Waals surface area contributed by atoms with Crippen molar-refractivity contribution < 1.29 is 0 Å². The fourth-order valence-corrected chi connectivity index (χ4v) is 2.29. The van der Waals surface area contributed by atoms with Crippen molar-refractivity contribution in [3.8, 4) is 0 Å². The second kappa shape index (κ2) is 5.68. The quantitative estimate of drug-likeness (QED) is 0.778. The predicted molar refractivity (Wildman–Crippen MR) is 74.1 cm³/mol. The zero-order valence-electron chi connectivity index (χ0n) is 11.4. The summed E-state index contributed by atoms with van der Waals surface area (Å²) >= 11 is 0. The van der Waals surface area contributed by atoms with Crippen LogP contribution in [-0.2, 0) is 0 Å². The van der Waals surface area contributed by atoms with Gasteiger partial charge in [0.05, 0.1) is 0 Å². The molecule has 1 saturated carbocycles. The topological polar surface area (TPSA) is 12.0 Å². The molecule has 1 aliphatic carbocycles. The Kier molecular flexibility index (Phi) is 4.22. The number of nitrogens with one attached hydrogen (secondary N) is 1. The molecular weight excluding hydrogens is 206 g/mol. The minimum atomic E-state index is 0.592. The van der Waals surface area contributed by atoms with Gasteiger partial charge < -0.3 is 5.32 Å². The zero-order valence-corrected chi connectivity index (χ0v) is 11.4. The van der Waals surface area contributed by atoms with Crippen LogP contribution in [0, 0.1) is 18.8 Å². The Balaban J connectivity index is 1.94. The summed E-state index contributed by atoms with van der Waals surface area (Å²) in [6.45, 7) is 7.88. The largest absolute Gasteiger partial charge is 0.310 e. The lowest BCUT2D eigenvalue weighted by atomic mass is 10.0. The molecule has 0 bridgehead atoms. The van der Waals surface area contributed by atoms with Gasteiger partial charge in [-0.2, -0.15) is 0 Å². The number of benzene rings is 1. The van der Waals surface area contributed by atoms with Crippen molar-refractivity contribution in [1.29, 1.82) is 0 Å². The van der Waals surface area contributed by atoms with Gasteiger partial charge in [-0.05, 0) is 50.1 Å². The van der Waals surface area contributed by atoms with Crippen LogP contribution < -0.4 is 5.32 Å². The molecular formula is C16H25N. The third kappa shape index (κ3) is 3.85. The molecule has 17 heavy (non-hydrogen) atoms. The summed E-state index contributed by atoms with van der Waals surface area (Å²) in [6, 6.07) is 9.64. The first-order chi connectivity index (χ1) is 8.16. The van der Waals surface area contributed by atoms with E-state index in [0.717, 1.165) is 18.4 Å². The third-order valence-electron chi connectivity index (χ3n) is 3.62. The molecule has 1 aromatic carbocycles. The molecule has 0 saturated heterocycles. The van der Waals surface area contributed by atoms with Crippen LogP contribution in [0.25, 0.3) is 0 Å². The Labute approximate surface area is 106 Å². The van der Waals surface area contributed by atoms with Crippen molar-refractivity contribution >= 4 is 0 Å². The lowest BCUT2D eigenvalue weighted by molar-refractivity contribution is 0.446. The molecule has 1 aromatic rings. The van der Waals surface area contributed by atoms with Crippen molar-refractivity contribution in [2.45, 2.75) is 46.1 Å². The van der Waals surface area contributed by atoms with Gasteiger partial charge in [0.25, 0.3) is 0 Å². The Morgan fingerprint density at radius 3 is 2.35 bits per heavy atom. The van der Waals surface area contributed by atoms with E-state index in [9.17, 15) is 0 Å². The van der Waals surface area contributed by atoms with Crippen LogP contribution in [0.2, 0.25) is 0 Å². The van der Waals surface area contributed by atoms with Crippen molar-refractivity contribution in [2.75, 3.05) is 6.54 Å². The van der Waals surface area contributed by atoms with E-state index in [1.807, 2.05) is 0 Å². The van der Waals surface area contributed by atoms with E-state index in [-0.39, 0.29) is 0 Å². The molecule has 0 radical (unpaired) electrons. The summed E-state index contributed by atoms with van der Waals surface area (Å²) in [5, 5.41) is 3.75. The average molecular weight is 231 g/mol. The lowest BCUT2D eigenvalue weighted by Gasteiger charge is -2.19. The minimum absolute atomic E-state index is 0.592. The summed E-state index contributed by atoms with van der Waals surface area (Å²) in [6.07, 6.45) is 4.07. The van der Waals surface area contributed by atoms with E-state index in [1.165, 1.54) is 30.4 Å². The summed E-state index contributed by atoms with van der Waals surface area (Å²) in [5.41, 5.74) is 2.83. The van der Waals surface area contributed by atoms with Crippen molar-refractivity contribution in [3.05, 3.63) is 35.4 Å². The molecule has 1 heteroatoms. The zero-order chi connectivity index (χ0) is 12.3. The van der Waals surface area contributed by atoms with Gasteiger partial charge in [0.2, 0.25) is 0 Å². The molecule has 0 heterocycles. The molecule has 0 spiro atoms. The van der Waals surface area contributed by atoms with Crippen LogP contribution in [0.3, 0.4) is 0 Å². The van der Waals surface area contributed by atoms with Gasteiger partial charge in [-0.1, -0.05) is 43.7 Å². The van der Waals surface area contributed by atoms with Gasteiger partial charge in [0, 0.05) is 6.04 Å². The summed E-state index contributed by atoms with van der Waals surface area (Å²) < 4.78 is 0. The molecule has 1 atom stereocenters. The van der Waals surface area contributed by atoms with E-state index in [0.29, 0.717) is 6.04 Å². The smallest absolute Gasteiger partial charge is 0.0348 e. The Hall–Kier alpha value is -0.820. The molecule has 1 nitrogen and oxygen atoms in total. The summed E-state index contributed by atoms with van der Waals surface area (Å²) in [5.74, 6) is 1.67. The SMILES string of the molecule is Cc1ccc(C(NCCC(C)C)C2CC2)cc1.